The summed E-state index contributed by atoms with van der Waals surface area (Å²) in [7, 11) is 0. The van der Waals surface area contributed by atoms with Crippen LogP contribution in [0.25, 0.3) is 0 Å². The Morgan fingerprint density at radius 2 is 1.81 bits per heavy atom. The summed E-state index contributed by atoms with van der Waals surface area (Å²) in [5, 5.41) is -0.154. The molecular formula is C8H8Cl2FN5. The molecule has 0 saturated heterocycles. The molecule has 0 saturated carbocycles. The van der Waals surface area contributed by atoms with Gasteiger partial charge in [0.25, 0.3) is 0 Å². The normalized spacial score (nSPS) is 11.3. The van der Waals surface area contributed by atoms with E-state index in [9.17, 15) is 4.39 Å². The van der Waals surface area contributed by atoms with Crippen molar-refractivity contribution in [1.29, 1.82) is 0 Å². The molecule has 0 spiro atoms. The van der Waals surface area contributed by atoms with E-state index in [0.29, 0.717) is 0 Å². The van der Waals surface area contributed by atoms with E-state index < -0.39 is 5.82 Å². The Labute approximate surface area is 101 Å². The first-order valence-electron chi connectivity index (χ1n) is 3.99. The van der Waals surface area contributed by atoms with Crippen LogP contribution in [0.4, 0.5) is 10.1 Å². The Hall–Kier alpha value is -1.53. The maximum atomic E-state index is 13.5. The lowest BCUT2D eigenvalue weighted by Gasteiger charge is -2.01. The van der Waals surface area contributed by atoms with Crippen molar-refractivity contribution in [3.8, 4) is 0 Å². The maximum absolute atomic E-state index is 13.5. The van der Waals surface area contributed by atoms with Crippen LogP contribution in [0.1, 0.15) is 0 Å². The summed E-state index contributed by atoms with van der Waals surface area (Å²) in [5.74, 6) is -1.35. The van der Waals surface area contributed by atoms with Crippen LogP contribution < -0.4 is 17.2 Å². The van der Waals surface area contributed by atoms with Gasteiger partial charge in [-0.1, -0.05) is 23.2 Å². The quantitative estimate of drug-likeness (QED) is 0.405. The zero-order chi connectivity index (χ0) is 12.3. The van der Waals surface area contributed by atoms with Crippen molar-refractivity contribution in [3.63, 3.8) is 0 Å². The predicted molar refractivity (Wildman–Crippen MR) is 63.5 cm³/mol. The first kappa shape index (κ1) is 12.5. The lowest BCUT2D eigenvalue weighted by Crippen LogP contribution is -2.26. The number of hydrogen-bond acceptors (Lipinski definition) is 1. The van der Waals surface area contributed by atoms with E-state index in [1.165, 1.54) is 12.1 Å². The van der Waals surface area contributed by atoms with Crippen molar-refractivity contribution in [3.05, 3.63) is 28.0 Å². The second-order valence-electron chi connectivity index (χ2n) is 2.70. The van der Waals surface area contributed by atoms with Crippen LogP contribution in [0.5, 0.6) is 0 Å². The lowest BCUT2D eigenvalue weighted by molar-refractivity contribution is 0.630. The van der Waals surface area contributed by atoms with Crippen molar-refractivity contribution >= 4 is 40.8 Å². The summed E-state index contributed by atoms with van der Waals surface area (Å²) in [6.45, 7) is 0. The third-order valence-electron chi connectivity index (χ3n) is 1.49. The van der Waals surface area contributed by atoms with Crippen LogP contribution in [-0.4, -0.2) is 11.9 Å². The molecule has 0 unspecified atom stereocenters. The number of rotatable bonds is 1. The van der Waals surface area contributed by atoms with Gasteiger partial charge in [0.2, 0.25) is 5.96 Å². The number of nitrogens with two attached hydrogens (primary N) is 3. The summed E-state index contributed by atoms with van der Waals surface area (Å²) in [4.78, 5) is 7.05. The fourth-order valence-electron chi connectivity index (χ4n) is 0.883. The lowest BCUT2D eigenvalue weighted by atomic mass is 10.3. The third-order valence-corrected chi connectivity index (χ3v) is 2.27. The van der Waals surface area contributed by atoms with E-state index in [2.05, 4.69) is 9.98 Å². The minimum atomic E-state index is -0.789. The summed E-state index contributed by atoms with van der Waals surface area (Å²) >= 11 is 11.2. The Kier molecular flexibility index (Phi) is 3.92. The van der Waals surface area contributed by atoms with Crippen molar-refractivity contribution in [2.24, 2.45) is 27.2 Å². The van der Waals surface area contributed by atoms with Gasteiger partial charge in [0, 0.05) is 0 Å². The molecule has 0 aliphatic heterocycles. The van der Waals surface area contributed by atoms with Gasteiger partial charge < -0.3 is 17.2 Å². The number of benzene rings is 1. The maximum Gasteiger partial charge on any atom is 0.223 e. The summed E-state index contributed by atoms with van der Waals surface area (Å²) in [6, 6.07) is 2.69. The van der Waals surface area contributed by atoms with Crippen LogP contribution in [0.15, 0.2) is 22.1 Å². The van der Waals surface area contributed by atoms with Crippen molar-refractivity contribution in [2.75, 3.05) is 0 Å². The Bertz CT molecular complexity index is 468. The Morgan fingerprint density at radius 3 is 2.38 bits per heavy atom. The van der Waals surface area contributed by atoms with E-state index in [1.54, 1.807) is 0 Å². The van der Waals surface area contributed by atoms with Gasteiger partial charge >= 0.3 is 0 Å². The predicted octanol–water partition coefficient (Wildman–Crippen LogP) is 1.35. The van der Waals surface area contributed by atoms with Crippen LogP contribution >= 0.6 is 23.2 Å². The van der Waals surface area contributed by atoms with Gasteiger partial charge in [-0.2, -0.15) is 4.99 Å². The monoisotopic (exact) mass is 263 g/mol. The molecule has 1 aromatic rings. The van der Waals surface area contributed by atoms with Gasteiger partial charge in [0.15, 0.2) is 11.8 Å². The second kappa shape index (κ2) is 5.00. The fraction of sp³-hybridized carbons (Fsp3) is 0. The summed E-state index contributed by atoms with van der Waals surface area (Å²) in [6.07, 6.45) is 0. The average Bonchev–Trinajstić information content (AvgIpc) is 2.18. The van der Waals surface area contributed by atoms with E-state index in [1.807, 2.05) is 0 Å². The summed E-state index contributed by atoms with van der Waals surface area (Å²) < 4.78 is 13.5. The van der Waals surface area contributed by atoms with Crippen LogP contribution in [0, 0.1) is 5.82 Å². The molecular weight excluding hydrogens is 256 g/mol. The van der Waals surface area contributed by atoms with Gasteiger partial charge in [-0.25, -0.2) is 9.38 Å². The van der Waals surface area contributed by atoms with E-state index >= 15 is 0 Å². The number of aliphatic imine (C=N–C) groups is 2. The molecule has 6 N–H and O–H groups in total. The molecule has 1 rings (SSSR count). The highest BCUT2D eigenvalue weighted by Crippen LogP contribution is 2.31. The molecule has 0 bridgehead atoms. The van der Waals surface area contributed by atoms with Crippen molar-refractivity contribution in [1.82, 2.24) is 0 Å². The van der Waals surface area contributed by atoms with Gasteiger partial charge in [-0.15, -0.1) is 0 Å². The van der Waals surface area contributed by atoms with Gasteiger partial charge in [-0.3, -0.25) is 0 Å². The molecule has 5 nitrogen and oxygen atoms in total. The Balaban J connectivity index is 3.17. The standard InChI is InChI=1S/C8H8Cl2FN5/c9-3-1-2-4(6(11)5(3)10)15-8(14)16-7(12)13/h1-2H,(H6,12,13,14,15,16). The molecule has 0 aliphatic rings. The molecule has 0 heterocycles. The van der Waals surface area contributed by atoms with Crippen LogP contribution in [0.2, 0.25) is 10.0 Å². The highest BCUT2D eigenvalue weighted by atomic mass is 35.5. The highest BCUT2D eigenvalue weighted by molar-refractivity contribution is 6.42. The van der Waals surface area contributed by atoms with E-state index in [0.717, 1.165) is 0 Å². The molecule has 0 atom stereocenters. The molecule has 8 heteroatoms. The molecule has 0 aromatic heterocycles. The molecule has 0 fully saturated rings. The van der Waals surface area contributed by atoms with Crippen LogP contribution in [0.3, 0.4) is 0 Å². The highest BCUT2D eigenvalue weighted by Gasteiger charge is 2.10. The minimum Gasteiger partial charge on any atom is -0.370 e. The average molecular weight is 264 g/mol. The molecule has 0 amide bonds. The van der Waals surface area contributed by atoms with Crippen molar-refractivity contribution in [2.45, 2.75) is 0 Å². The van der Waals surface area contributed by atoms with Gasteiger partial charge in [0.1, 0.15) is 5.69 Å². The van der Waals surface area contributed by atoms with Crippen LogP contribution in [-0.2, 0) is 0 Å². The first-order valence-corrected chi connectivity index (χ1v) is 4.74. The smallest absolute Gasteiger partial charge is 0.223 e. The number of guanidine groups is 2. The zero-order valence-corrected chi connectivity index (χ0v) is 9.43. The SMILES string of the molecule is NC(N)=NC(N)=Nc1ccc(Cl)c(Cl)c1F. The minimum absolute atomic E-state index is 0.0820. The van der Waals surface area contributed by atoms with Gasteiger partial charge in [-0.05, 0) is 12.1 Å². The van der Waals surface area contributed by atoms with E-state index in [4.69, 9.17) is 40.4 Å². The zero-order valence-electron chi connectivity index (χ0n) is 7.92. The molecule has 0 aliphatic carbocycles. The number of halogens is 3. The first-order chi connectivity index (χ1) is 7.41. The topological polar surface area (TPSA) is 103 Å². The number of hydrogen-bond donors (Lipinski definition) is 3. The summed E-state index contributed by atoms with van der Waals surface area (Å²) in [5.41, 5.74) is 15.4. The molecule has 16 heavy (non-hydrogen) atoms. The van der Waals surface area contributed by atoms with Crippen molar-refractivity contribution < 1.29 is 4.39 Å². The second-order valence-corrected chi connectivity index (χ2v) is 3.49. The molecule has 0 radical (unpaired) electrons. The molecule has 1 aromatic carbocycles. The Morgan fingerprint density at radius 1 is 1.19 bits per heavy atom. The van der Waals surface area contributed by atoms with E-state index in [-0.39, 0.29) is 27.7 Å². The third kappa shape index (κ3) is 2.98. The largest absolute Gasteiger partial charge is 0.370 e. The fourth-order valence-corrected chi connectivity index (χ4v) is 1.19. The number of nitrogens with zero attached hydrogens (tertiary/aromatic N) is 2. The molecule has 86 valence electrons. The van der Waals surface area contributed by atoms with Gasteiger partial charge in [0.05, 0.1) is 10.0 Å².